The van der Waals surface area contributed by atoms with Gasteiger partial charge in [0.25, 0.3) is 5.91 Å². The maximum Gasteiger partial charge on any atom is 0.264 e. The van der Waals surface area contributed by atoms with Crippen LogP contribution in [0.25, 0.3) is 6.08 Å². The Hall–Kier alpha value is -2.63. The number of rotatable bonds is 6. The molecule has 2 fully saturated rings. The smallest absolute Gasteiger partial charge is 0.264 e. The summed E-state index contributed by atoms with van der Waals surface area (Å²) >= 11 is 0. The number of carbonyl (C=O) groups excluding carboxylic acids is 2. The predicted molar refractivity (Wildman–Crippen MR) is 121 cm³/mol. The fourth-order valence-electron chi connectivity index (χ4n) is 4.82. The first-order valence-corrected chi connectivity index (χ1v) is 11.3. The number of ether oxygens (including phenoxy) is 2. The van der Waals surface area contributed by atoms with E-state index in [2.05, 4.69) is 17.6 Å². The van der Waals surface area contributed by atoms with Gasteiger partial charge < -0.3 is 23.8 Å². The average molecular weight is 443 g/mol. The highest BCUT2D eigenvalue weighted by Crippen LogP contribution is 2.25. The summed E-state index contributed by atoms with van der Waals surface area (Å²) in [7, 11) is 1.67. The van der Waals surface area contributed by atoms with E-state index < -0.39 is 0 Å². The summed E-state index contributed by atoms with van der Waals surface area (Å²) < 4.78 is 12.8. The molecular formula is C24H34N4O4. The van der Waals surface area contributed by atoms with Crippen molar-refractivity contribution in [3.8, 4) is 6.07 Å². The fraction of sp³-hybridized carbons (Fsp3) is 0.625. The van der Waals surface area contributed by atoms with Crippen LogP contribution in [-0.2, 0) is 19.1 Å². The van der Waals surface area contributed by atoms with Crippen molar-refractivity contribution in [2.75, 3.05) is 53.1 Å². The molecule has 0 N–H and O–H groups in total. The van der Waals surface area contributed by atoms with Crippen molar-refractivity contribution < 1.29 is 19.1 Å². The van der Waals surface area contributed by atoms with Crippen LogP contribution in [0.2, 0.25) is 0 Å². The van der Waals surface area contributed by atoms with E-state index in [9.17, 15) is 14.9 Å². The van der Waals surface area contributed by atoms with Gasteiger partial charge in [-0.25, -0.2) is 0 Å². The van der Waals surface area contributed by atoms with Gasteiger partial charge in [-0.1, -0.05) is 0 Å². The van der Waals surface area contributed by atoms with Gasteiger partial charge in [-0.05, 0) is 51.3 Å². The second-order valence-corrected chi connectivity index (χ2v) is 8.70. The molecule has 0 radical (unpaired) electrons. The first kappa shape index (κ1) is 24.0. The quantitative estimate of drug-likeness (QED) is 0.498. The highest BCUT2D eigenvalue weighted by atomic mass is 16.5. The number of aryl methyl sites for hydroxylation is 1. The van der Waals surface area contributed by atoms with Crippen molar-refractivity contribution in [1.29, 1.82) is 5.26 Å². The number of morpholine rings is 1. The van der Waals surface area contributed by atoms with Crippen LogP contribution >= 0.6 is 0 Å². The Balaban J connectivity index is 1.75. The number of hydrogen-bond donors (Lipinski definition) is 0. The number of methoxy groups -OCH3 is 1. The average Bonchev–Trinajstić information content (AvgIpc) is 3.09. The summed E-state index contributed by atoms with van der Waals surface area (Å²) in [6.45, 7) is 9.90. The summed E-state index contributed by atoms with van der Waals surface area (Å²) in [6.07, 6.45) is 3.20. The first-order chi connectivity index (χ1) is 15.4. The van der Waals surface area contributed by atoms with Crippen molar-refractivity contribution >= 4 is 17.9 Å². The molecule has 32 heavy (non-hydrogen) atoms. The number of amides is 2. The fourth-order valence-corrected chi connectivity index (χ4v) is 4.82. The number of hydrogen-bond acceptors (Lipinski definition) is 5. The highest BCUT2D eigenvalue weighted by Gasteiger charge is 2.33. The molecule has 174 valence electrons. The SMILES string of the molecule is COCC(C)n1c(C)cc(/C=C(/C#N)C(=O)N2CCCC(C(=O)N3CCOCC3)C2)c1C. The molecule has 2 aliphatic heterocycles. The summed E-state index contributed by atoms with van der Waals surface area (Å²) in [6, 6.07) is 4.23. The van der Waals surface area contributed by atoms with Gasteiger partial charge >= 0.3 is 0 Å². The van der Waals surface area contributed by atoms with E-state index in [1.165, 1.54) is 0 Å². The Morgan fingerprint density at radius 1 is 1.28 bits per heavy atom. The van der Waals surface area contributed by atoms with Gasteiger partial charge in [-0.3, -0.25) is 9.59 Å². The lowest BCUT2D eigenvalue weighted by atomic mass is 9.95. The molecule has 0 saturated carbocycles. The van der Waals surface area contributed by atoms with E-state index in [4.69, 9.17) is 9.47 Å². The lowest BCUT2D eigenvalue weighted by Gasteiger charge is -2.36. The van der Waals surface area contributed by atoms with E-state index >= 15 is 0 Å². The van der Waals surface area contributed by atoms with Crippen LogP contribution in [0, 0.1) is 31.1 Å². The molecule has 1 aromatic rings. The highest BCUT2D eigenvalue weighted by molar-refractivity contribution is 6.02. The third kappa shape index (κ3) is 5.22. The van der Waals surface area contributed by atoms with Crippen LogP contribution in [0.1, 0.15) is 42.8 Å². The lowest BCUT2D eigenvalue weighted by molar-refractivity contribution is -0.143. The summed E-state index contributed by atoms with van der Waals surface area (Å²) in [5.74, 6) is -0.434. The van der Waals surface area contributed by atoms with Crippen molar-refractivity contribution in [2.45, 2.75) is 39.7 Å². The van der Waals surface area contributed by atoms with E-state index in [1.807, 2.05) is 24.8 Å². The Labute approximate surface area is 190 Å². The second-order valence-electron chi connectivity index (χ2n) is 8.70. The maximum atomic E-state index is 13.2. The number of piperidine rings is 1. The topological polar surface area (TPSA) is 87.8 Å². The van der Waals surface area contributed by atoms with Crippen LogP contribution in [0.4, 0.5) is 0 Å². The van der Waals surface area contributed by atoms with E-state index in [0.717, 1.165) is 29.8 Å². The predicted octanol–water partition coefficient (Wildman–Crippen LogP) is 2.32. The first-order valence-electron chi connectivity index (χ1n) is 11.3. The maximum absolute atomic E-state index is 13.2. The third-order valence-electron chi connectivity index (χ3n) is 6.40. The zero-order valence-corrected chi connectivity index (χ0v) is 19.6. The van der Waals surface area contributed by atoms with Crippen molar-refractivity contribution in [3.05, 3.63) is 28.6 Å². The molecule has 2 aliphatic rings. The zero-order chi connectivity index (χ0) is 23.3. The molecule has 0 bridgehead atoms. The number of carbonyl (C=O) groups is 2. The molecule has 2 amide bonds. The van der Waals surface area contributed by atoms with E-state index in [-0.39, 0.29) is 29.3 Å². The monoisotopic (exact) mass is 442 g/mol. The van der Waals surface area contributed by atoms with Gasteiger partial charge in [-0.2, -0.15) is 5.26 Å². The van der Waals surface area contributed by atoms with Gasteiger partial charge in [-0.15, -0.1) is 0 Å². The number of nitrogens with zero attached hydrogens (tertiary/aromatic N) is 4. The molecule has 0 spiro atoms. The summed E-state index contributed by atoms with van der Waals surface area (Å²) in [5.41, 5.74) is 3.00. The van der Waals surface area contributed by atoms with Crippen molar-refractivity contribution in [3.63, 3.8) is 0 Å². The van der Waals surface area contributed by atoms with Crippen LogP contribution in [-0.4, -0.2) is 79.3 Å². The molecule has 0 aromatic carbocycles. The normalized spacial score (nSPS) is 20.7. The minimum Gasteiger partial charge on any atom is -0.383 e. The Bertz CT molecular complexity index is 908. The van der Waals surface area contributed by atoms with Gasteiger partial charge in [0, 0.05) is 44.7 Å². The number of likely N-dealkylation sites (tertiary alicyclic amines) is 1. The molecule has 2 saturated heterocycles. The zero-order valence-electron chi connectivity index (χ0n) is 19.6. The summed E-state index contributed by atoms with van der Waals surface area (Å²) in [4.78, 5) is 29.6. The van der Waals surface area contributed by atoms with Gasteiger partial charge in [0.1, 0.15) is 11.6 Å². The van der Waals surface area contributed by atoms with Gasteiger partial charge in [0.05, 0.1) is 31.8 Å². The molecule has 2 unspecified atom stereocenters. The van der Waals surface area contributed by atoms with Crippen LogP contribution in [0.3, 0.4) is 0 Å². The number of aromatic nitrogens is 1. The van der Waals surface area contributed by atoms with Gasteiger partial charge in [0.15, 0.2) is 0 Å². The van der Waals surface area contributed by atoms with Crippen LogP contribution < -0.4 is 0 Å². The minimum absolute atomic E-state index is 0.0870. The standard InChI is InChI=1S/C24H34N4O4/c1-17-12-21(19(3)28(17)18(2)16-31-4)13-22(14-25)24(30)27-7-5-6-20(15-27)23(29)26-8-10-32-11-9-26/h12-13,18,20H,5-11,15-16H2,1-4H3/b22-13-. The molecule has 0 aliphatic carbocycles. The second kappa shape index (κ2) is 10.8. The lowest BCUT2D eigenvalue weighted by Crippen LogP contribution is -2.49. The van der Waals surface area contributed by atoms with Crippen molar-refractivity contribution in [1.82, 2.24) is 14.4 Å². The molecule has 2 atom stereocenters. The van der Waals surface area contributed by atoms with Crippen LogP contribution in [0.15, 0.2) is 11.6 Å². The third-order valence-corrected chi connectivity index (χ3v) is 6.40. The largest absolute Gasteiger partial charge is 0.383 e. The van der Waals surface area contributed by atoms with Gasteiger partial charge in [0.2, 0.25) is 5.91 Å². The molecule has 8 nitrogen and oxygen atoms in total. The Morgan fingerprint density at radius 3 is 2.66 bits per heavy atom. The van der Waals surface area contributed by atoms with Crippen LogP contribution in [0.5, 0.6) is 0 Å². The molecule has 3 heterocycles. The molecule has 8 heteroatoms. The Kier molecular flexibility index (Phi) is 8.10. The van der Waals surface area contributed by atoms with E-state index in [1.54, 1.807) is 18.1 Å². The van der Waals surface area contributed by atoms with E-state index in [0.29, 0.717) is 46.0 Å². The molecule has 1 aromatic heterocycles. The Morgan fingerprint density at radius 2 is 2.00 bits per heavy atom. The molecule has 3 rings (SSSR count). The van der Waals surface area contributed by atoms with Crippen molar-refractivity contribution in [2.24, 2.45) is 5.92 Å². The minimum atomic E-state index is -0.304. The summed E-state index contributed by atoms with van der Waals surface area (Å²) in [5, 5.41) is 9.75. The molecular weight excluding hydrogens is 408 g/mol. The number of nitriles is 1.